The minimum Gasteiger partial charge on any atom is -0.505 e. The van der Waals surface area contributed by atoms with Crippen LogP contribution in [0.3, 0.4) is 0 Å². The van der Waals surface area contributed by atoms with E-state index in [0.717, 1.165) is 12.8 Å². The highest BCUT2D eigenvalue weighted by molar-refractivity contribution is 5.74. The van der Waals surface area contributed by atoms with Crippen LogP contribution in [0.2, 0.25) is 0 Å². The zero-order chi connectivity index (χ0) is 12.8. The number of hydrogen-bond acceptors (Lipinski definition) is 5. The van der Waals surface area contributed by atoms with Crippen molar-refractivity contribution in [1.82, 2.24) is 5.43 Å². The fourth-order valence-electron chi connectivity index (χ4n) is 1.53. The Morgan fingerprint density at radius 3 is 3.00 bits per heavy atom. The second kappa shape index (κ2) is 5.95. The number of aromatic hydroxyl groups is 1. The summed E-state index contributed by atoms with van der Waals surface area (Å²) < 4.78 is 5.52. The summed E-state index contributed by atoms with van der Waals surface area (Å²) in [4.78, 5) is 0. The van der Waals surface area contributed by atoms with Crippen LogP contribution in [0.5, 0.6) is 11.5 Å². The van der Waals surface area contributed by atoms with Crippen LogP contribution in [-0.2, 0) is 0 Å². The molecule has 0 fully saturated rings. The third-order valence-electron chi connectivity index (χ3n) is 2.50. The highest BCUT2D eigenvalue weighted by Gasteiger charge is 2.11. The zero-order valence-corrected chi connectivity index (χ0v) is 10.3. The van der Waals surface area contributed by atoms with Crippen LogP contribution >= 0.6 is 0 Å². The van der Waals surface area contributed by atoms with Crippen molar-refractivity contribution >= 4 is 11.9 Å². The number of rotatable bonds is 5. The lowest BCUT2D eigenvalue weighted by Gasteiger charge is -2.21. The van der Waals surface area contributed by atoms with E-state index in [9.17, 15) is 5.11 Å². The smallest absolute Gasteiger partial charge is 0.146 e. The molecule has 1 aromatic carbocycles. The third kappa shape index (κ3) is 2.94. The average Bonchev–Trinajstić information content (AvgIpc) is 2.40. The first kappa shape index (κ1) is 12.3. The van der Waals surface area contributed by atoms with Crippen LogP contribution in [0.1, 0.15) is 19.8 Å². The number of allylic oxidation sites excluding steroid dienone is 1. The lowest BCUT2D eigenvalue weighted by molar-refractivity contribution is 0.307. The maximum Gasteiger partial charge on any atom is 0.146 e. The van der Waals surface area contributed by atoms with Crippen molar-refractivity contribution in [1.29, 1.82) is 0 Å². The van der Waals surface area contributed by atoms with Crippen molar-refractivity contribution in [2.24, 2.45) is 5.10 Å². The first-order chi connectivity index (χ1) is 8.81. The van der Waals surface area contributed by atoms with Gasteiger partial charge in [0.05, 0.1) is 12.8 Å². The molecule has 0 atom stereocenters. The maximum absolute atomic E-state index is 9.94. The number of nitrogens with zero attached hydrogens (tertiary/aromatic N) is 2. The number of hydrogen-bond donors (Lipinski definition) is 2. The quantitative estimate of drug-likeness (QED) is 0.784. The van der Waals surface area contributed by atoms with E-state index in [1.807, 2.05) is 6.07 Å². The van der Waals surface area contributed by atoms with Crippen LogP contribution in [0.4, 0.5) is 5.69 Å². The normalized spacial score (nSPS) is 13.5. The molecule has 2 rings (SSSR count). The highest BCUT2D eigenvalue weighted by atomic mass is 16.5. The van der Waals surface area contributed by atoms with Gasteiger partial charge < -0.3 is 9.84 Å². The number of phenols is 1. The Balaban J connectivity index is 2.05. The van der Waals surface area contributed by atoms with Crippen molar-refractivity contribution in [3.63, 3.8) is 0 Å². The van der Waals surface area contributed by atoms with E-state index in [4.69, 9.17) is 4.74 Å². The predicted molar refractivity (Wildman–Crippen MR) is 71.8 cm³/mol. The molecule has 0 amide bonds. The van der Waals surface area contributed by atoms with Gasteiger partial charge >= 0.3 is 0 Å². The first-order valence-electron chi connectivity index (χ1n) is 6.02. The largest absolute Gasteiger partial charge is 0.505 e. The van der Waals surface area contributed by atoms with Crippen LogP contribution < -0.4 is 15.3 Å². The number of unbranched alkanes of at least 4 members (excludes halogenated alkanes) is 1. The van der Waals surface area contributed by atoms with Crippen LogP contribution in [0.25, 0.3) is 0 Å². The Morgan fingerprint density at radius 1 is 1.44 bits per heavy atom. The topological polar surface area (TPSA) is 57.1 Å². The Bertz CT molecular complexity index is 458. The minimum absolute atomic E-state index is 0.129. The number of nitrogens with one attached hydrogen (secondary N) is 1. The molecule has 0 unspecified atom stereocenters. The fourth-order valence-corrected chi connectivity index (χ4v) is 1.53. The Labute approximate surface area is 106 Å². The molecule has 0 radical (unpaired) electrons. The lowest BCUT2D eigenvalue weighted by atomic mass is 10.2. The van der Waals surface area contributed by atoms with Crippen LogP contribution in [0, 0.1) is 0 Å². The van der Waals surface area contributed by atoms with Crippen LogP contribution in [-0.4, -0.2) is 17.9 Å². The molecule has 5 nitrogen and oxygen atoms in total. The molecule has 1 heterocycles. The van der Waals surface area contributed by atoms with Gasteiger partial charge in [-0.1, -0.05) is 13.3 Å². The summed E-state index contributed by atoms with van der Waals surface area (Å²) in [5.41, 5.74) is 3.48. The molecule has 0 aliphatic carbocycles. The van der Waals surface area contributed by atoms with Gasteiger partial charge in [0, 0.05) is 12.3 Å². The SMILES string of the molecule is CCCCOc1ccc(N2N=CC=CN2)c(O)c1. The van der Waals surface area contributed by atoms with E-state index in [2.05, 4.69) is 17.5 Å². The monoisotopic (exact) mass is 247 g/mol. The lowest BCUT2D eigenvalue weighted by Crippen LogP contribution is -2.30. The summed E-state index contributed by atoms with van der Waals surface area (Å²) in [5, 5.41) is 15.5. The minimum atomic E-state index is 0.129. The van der Waals surface area contributed by atoms with E-state index >= 15 is 0 Å². The number of phenolic OH excluding ortho intramolecular Hbond substituents is 1. The van der Waals surface area contributed by atoms with Gasteiger partial charge in [0.2, 0.25) is 0 Å². The molecule has 2 N–H and O–H groups in total. The Hall–Kier alpha value is -2.17. The number of benzene rings is 1. The second-order valence-electron chi connectivity index (χ2n) is 3.92. The summed E-state index contributed by atoms with van der Waals surface area (Å²) in [7, 11) is 0. The van der Waals surface area contributed by atoms with Gasteiger partial charge in [-0.15, -0.1) is 0 Å². The van der Waals surface area contributed by atoms with Gasteiger partial charge in [-0.05, 0) is 24.6 Å². The molecule has 1 aromatic rings. The molecule has 0 saturated heterocycles. The Morgan fingerprint density at radius 2 is 2.33 bits per heavy atom. The Kier molecular flexibility index (Phi) is 4.06. The fraction of sp³-hybridized carbons (Fsp3) is 0.308. The molecular weight excluding hydrogens is 230 g/mol. The van der Waals surface area contributed by atoms with E-state index < -0.39 is 0 Å². The average molecular weight is 247 g/mol. The summed E-state index contributed by atoms with van der Waals surface area (Å²) in [6.07, 6.45) is 7.24. The van der Waals surface area contributed by atoms with Crippen molar-refractivity contribution in [2.45, 2.75) is 19.8 Å². The molecule has 96 valence electrons. The van der Waals surface area contributed by atoms with E-state index in [-0.39, 0.29) is 5.75 Å². The molecular formula is C13H17N3O2. The van der Waals surface area contributed by atoms with Gasteiger partial charge in [-0.3, -0.25) is 5.43 Å². The summed E-state index contributed by atoms with van der Waals surface area (Å²) in [5.74, 6) is 0.796. The molecule has 18 heavy (non-hydrogen) atoms. The van der Waals surface area contributed by atoms with E-state index in [1.165, 1.54) is 5.12 Å². The summed E-state index contributed by atoms with van der Waals surface area (Å²) in [6, 6.07) is 5.18. The first-order valence-corrected chi connectivity index (χ1v) is 6.02. The standard InChI is InChI=1S/C13H17N3O2/c1-2-3-9-18-11-5-6-12(13(17)10-11)16-14-7-4-8-15-16/h4-8,10,14,17H,2-3,9H2,1H3. The number of ether oxygens (including phenoxy) is 1. The summed E-state index contributed by atoms with van der Waals surface area (Å²) >= 11 is 0. The van der Waals surface area contributed by atoms with E-state index in [1.54, 1.807) is 30.6 Å². The molecule has 5 heteroatoms. The van der Waals surface area contributed by atoms with Gasteiger partial charge in [-0.2, -0.15) is 10.2 Å². The van der Waals surface area contributed by atoms with Crippen molar-refractivity contribution in [3.8, 4) is 11.5 Å². The van der Waals surface area contributed by atoms with Gasteiger partial charge in [0.1, 0.15) is 17.2 Å². The zero-order valence-electron chi connectivity index (χ0n) is 10.3. The van der Waals surface area contributed by atoms with Gasteiger partial charge in [0.15, 0.2) is 0 Å². The predicted octanol–water partition coefficient (Wildman–Crippen LogP) is 2.40. The van der Waals surface area contributed by atoms with Crippen LogP contribution in [0.15, 0.2) is 35.6 Å². The van der Waals surface area contributed by atoms with Crippen molar-refractivity contribution in [2.75, 3.05) is 11.7 Å². The van der Waals surface area contributed by atoms with E-state index in [0.29, 0.717) is 18.0 Å². The number of hydrazone groups is 1. The maximum atomic E-state index is 9.94. The van der Waals surface area contributed by atoms with Gasteiger partial charge in [0.25, 0.3) is 0 Å². The number of hydrazine groups is 1. The highest BCUT2D eigenvalue weighted by Crippen LogP contribution is 2.31. The molecule has 0 saturated carbocycles. The molecule has 0 bridgehead atoms. The third-order valence-corrected chi connectivity index (χ3v) is 2.50. The number of anilines is 1. The van der Waals surface area contributed by atoms with Crippen molar-refractivity contribution < 1.29 is 9.84 Å². The molecule has 1 aliphatic rings. The second-order valence-corrected chi connectivity index (χ2v) is 3.92. The molecule has 0 spiro atoms. The van der Waals surface area contributed by atoms with Crippen molar-refractivity contribution in [3.05, 3.63) is 30.5 Å². The molecule has 0 aromatic heterocycles. The van der Waals surface area contributed by atoms with Gasteiger partial charge in [-0.25, -0.2) is 0 Å². The summed E-state index contributed by atoms with van der Waals surface area (Å²) in [6.45, 7) is 2.77. The molecule has 1 aliphatic heterocycles.